The van der Waals surface area contributed by atoms with E-state index in [1.165, 1.54) is 0 Å². The van der Waals surface area contributed by atoms with Crippen molar-refractivity contribution < 1.29 is 14.3 Å². The first-order chi connectivity index (χ1) is 7.63. The summed E-state index contributed by atoms with van der Waals surface area (Å²) in [5.41, 5.74) is 5.29. The van der Waals surface area contributed by atoms with E-state index < -0.39 is 0 Å². The second-order valence-corrected chi connectivity index (χ2v) is 4.91. The summed E-state index contributed by atoms with van der Waals surface area (Å²) in [4.78, 5) is 11.9. The topological polar surface area (TPSA) is 73.6 Å². The molecule has 2 rings (SSSR count). The third-order valence-electron chi connectivity index (χ3n) is 3.31. The summed E-state index contributed by atoms with van der Waals surface area (Å²) in [5.74, 6) is -0.0241. The van der Waals surface area contributed by atoms with Crippen molar-refractivity contribution in [3.05, 3.63) is 0 Å². The first-order valence-electron chi connectivity index (χ1n) is 5.88. The number of hydrogen-bond acceptors (Lipinski definition) is 4. The third kappa shape index (κ3) is 2.53. The van der Waals surface area contributed by atoms with Crippen LogP contribution in [-0.4, -0.2) is 43.4 Å². The number of hydrogen-bond donors (Lipinski definition) is 2. The van der Waals surface area contributed by atoms with Crippen molar-refractivity contribution in [1.29, 1.82) is 0 Å². The Morgan fingerprint density at radius 3 is 2.94 bits per heavy atom. The lowest BCUT2D eigenvalue weighted by Crippen LogP contribution is -2.50. The molecule has 0 saturated carbocycles. The van der Waals surface area contributed by atoms with Crippen molar-refractivity contribution in [3.8, 4) is 0 Å². The van der Waals surface area contributed by atoms with Crippen LogP contribution < -0.4 is 11.1 Å². The van der Waals surface area contributed by atoms with Gasteiger partial charge < -0.3 is 20.5 Å². The molecule has 5 heteroatoms. The molecule has 0 aromatic carbocycles. The van der Waals surface area contributed by atoms with Gasteiger partial charge in [0.1, 0.15) is 6.10 Å². The molecule has 5 nitrogen and oxygen atoms in total. The maximum Gasteiger partial charge on any atom is 0.249 e. The molecule has 0 aromatic rings. The standard InChI is InChI=1S/C11H20N2O3/c1-11(4-5-15-7-11)13-10(14)9-3-2-8(6-12)16-9/h8-9H,2-7,12H2,1H3,(H,13,14). The van der Waals surface area contributed by atoms with Crippen molar-refractivity contribution in [2.75, 3.05) is 19.8 Å². The summed E-state index contributed by atoms with van der Waals surface area (Å²) in [6, 6.07) is 0. The predicted octanol–water partition coefficient (Wildman–Crippen LogP) is -0.212. The van der Waals surface area contributed by atoms with Gasteiger partial charge in [-0.25, -0.2) is 0 Å². The number of carbonyl (C=O) groups is 1. The molecule has 92 valence electrons. The molecule has 2 heterocycles. The first kappa shape index (κ1) is 11.8. The van der Waals surface area contributed by atoms with Gasteiger partial charge in [0.15, 0.2) is 0 Å². The lowest BCUT2D eigenvalue weighted by molar-refractivity contribution is -0.133. The van der Waals surface area contributed by atoms with Crippen molar-refractivity contribution in [3.63, 3.8) is 0 Å². The van der Waals surface area contributed by atoms with Gasteiger partial charge in [0.05, 0.1) is 18.2 Å². The lowest BCUT2D eigenvalue weighted by Gasteiger charge is -2.25. The molecule has 2 aliphatic rings. The zero-order valence-electron chi connectivity index (χ0n) is 9.70. The van der Waals surface area contributed by atoms with Crippen molar-refractivity contribution in [2.24, 2.45) is 5.73 Å². The fourth-order valence-electron chi connectivity index (χ4n) is 2.22. The fraction of sp³-hybridized carbons (Fsp3) is 0.909. The van der Waals surface area contributed by atoms with Gasteiger partial charge in [-0.1, -0.05) is 0 Å². The highest BCUT2D eigenvalue weighted by Crippen LogP contribution is 2.22. The minimum Gasteiger partial charge on any atom is -0.379 e. The highest BCUT2D eigenvalue weighted by atomic mass is 16.5. The predicted molar refractivity (Wildman–Crippen MR) is 58.9 cm³/mol. The highest BCUT2D eigenvalue weighted by Gasteiger charge is 2.36. The number of nitrogens with one attached hydrogen (secondary N) is 1. The minimum atomic E-state index is -0.328. The monoisotopic (exact) mass is 228 g/mol. The van der Waals surface area contributed by atoms with Gasteiger partial charge in [0.25, 0.3) is 0 Å². The number of amides is 1. The smallest absolute Gasteiger partial charge is 0.249 e. The molecule has 0 spiro atoms. The number of ether oxygens (including phenoxy) is 2. The van der Waals surface area contributed by atoms with Crippen LogP contribution in [0.1, 0.15) is 26.2 Å². The van der Waals surface area contributed by atoms with Crippen LogP contribution in [0.4, 0.5) is 0 Å². The second-order valence-electron chi connectivity index (χ2n) is 4.91. The number of carbonyl (C=O) groups excluding carboxylic acids is 1. The van der Waals surface area contributed by atoms with Gasteiger partial charge in [0, 0.05) is 13.2 Å². The van der Waals surface area contributed by atoms with E-state index >= 15 is 0 Å². The summed E-state index contributed by atoms with van der Waals surface area (Å²) in [5, 5.41) is 3.01. The first-order valence-corrected chi connectivity index (χ1v) is 5.88. The second kappa shape index (κ2) is 4.69. The molecule has 2 fully saturated rings. The summed E-state index contributed by atoms with van der Waals surface area (Å²) in [7, 11) is 0. The van der Waals surface area contributed by atoms with E-state index in [0.717, 1.165) is 19.3 Å². The molecular weight excluding hydrogens is 208 g/mol. The Bertz CT molecular complexity index is 264. The van der Waals surface area contributed by atoms with E-state index in [2.05, 4.69) is 5.32 Å². The molecule has 3 unspecified atom stereocenters. The highest BCUT2D eigenvalue weighted by molar-refractivity contribution is 5.81. The summed E-state index contributed by atoms with van der Waals surface area (Å²) in [6.07, 6.45) is 2.23. The van der Waals surface area contributed by atoms with Crippen molar-refractivity contribution >= 4 is 5.91 Å². The van der Waals surface area contributed by atoms with Crippen LogP contribution in [0.2, 0.25) is 0 Å². The molecule has 3 atom stereocenters. The van der Waals surface area contributed by atoms with Crippen LogP contribution in [0.5, 0.6) is 0 Å². The van der Waals surface area contributed by atoms with Gasteiger partial charge >= 0.3 is 0 Å². The minimum absolute atomic E-state index is 0.0241. The summed E-state index contributed by atoms with van der Waals surface area (Å²) < 4.78 is 10.8. The molecule has 0 aromatic heterocycles. The number of nitrogens with two attached hydrogens (primary N) is 1. The third-order valence-corrected chi connectivity index (χ3v) is 3.31. The quantitative estimate of drug-likeness (QED) is 0.701. The molecule has 0 bridgehead atoms. The largest absolute Gasteiger partial charge is 0.379 e. The van der Waals surface area contributed by atoms with Crippen LogP contribution in [-0.2, 0) is 14.3 Å². The molecular formula is C11H20N2O3. The van der Waals surface area contributed by atoms with E-state index in [9.17, 15) is 4.79 Å². The van der Waals surface area contributed by atoms with Gasteiger partial charge in [-0.2, -0.15) is 0 Å². The molecule has 16 heavy (non-hydrogen) atoms. The Hall–Kier alpha value is -0.650. The van der Waals surface area contributed by atoms with Crippen molar-refractivity contribution in [2.45, 2.75) is 43.9 Å². The molecule has 2 aliphatic heterocycles. The van der Waals surface area contributed by atoms with E-state index in [4.69, 9.17) is 15.2 Å². The van der Waals surface area contributed by atoms with E-state index in [-0.39, 0.29) is 23.7 Å². The summed E-state index contributed by atoms with van der Waals surface area (Å²) >= 11 is 0. The Kier molecular flexibility index (Phi) is 3.47. The number of rotatable bonds is 3. The summed E-state index contributed by atoms with van der Waals surface area (Å²) in [6.45, 7) is 3.80. The van der Waals surface area contributed by atoms with Crippen molar-refractivity contribution in [1.82, 2.24) is 5.32 Å². The Labute approximate surface area is 95.7 Å². The Morgan fingerprint density at radius 2 is 2.38 bits per heavy atom. The maximum atomic E-state index is 11.9. The Balaban J connectivity index is 1.84. The maximum absolute atomic E-state index is 11.9. The van der Waals surface area contributed by atoms with E-state index in [1.807, 2.05) is 6.92 Å². The molecule has 2 saturated heterocycles. The fourth-order valence-corrected chi connectivity index (χ4v) is 2.22. The average Bonchev–Trinajstić information content (AvgIpc) is 2.86. The van der Waals surface area contributed by atoms with Crippen LogP contribution in [0.25, 0.3) is 0 Å². The zero-order valence-corrected chi connectivity index (χ0v) is 9.70. The van der Waals surface area contributed by atoms with Gasteiger partial charge in [-0.05, 0) is 26.2 Å². The average molecular weight is 228 g/mol. The van der Waals surface area contributed by atoms with E-state index in [1.54, 1.807) is 0 Å². The zero-order chi connectivity index (χ0) is 11.6. The molecule has 0 radical (unpaired) electrons. The van der Waals surface area contributed by atoms with E-state index in [0.29, 0.717) is 19.8 Å². The lowest BCUT2D eigenvalue weighted by atomic mass is 10.0. The Morgan fingerprint density at radius 1 is 1.56 bits per heavy atom. The molecule has 0 aliphatic carbocycles. The van der Waals surface area contributed by atoms with Crippen LogP contribution >= 0.6 is 0 Å². The van der Waals surface area contributed by atoms with Crippen LogP contribution in [0, 0.1) is 0 Å². The normalized spacial score (nSPS) is 38.9. The molecule has 3 N–H and O–H groups in total. The van der Waals surface area contributed by atoms with Crippen LogP contribution in [0.3, 0.4) is 0 Å². The van der Waals surface area contributed by atoms with Gasteiger partial charge in [-0.3, -0.25) is 4.79 Å². The SMILES string of the molecule is CC1(NC(=O)C2CCC(CN)O2)CCOC1. The van der Waals surface area contributed by atoms with Gasteiger partial charge in [-0.15, -0.1) is 0 Å². The van der Waals surface area contributed by atoms with Gasteiger partial charge in [0.2, 0.25) is 5.91 Å². The van der Waals surface area contributed by atoms with Crippen LogP contribution in [0.15, 0.2) is 0 Å². The molecule has 1 amide bonds.